The van der Waals surface area contributed by atoms with Crippen LogP contribution in [-0.4, -0.2) is 46.9 Å². The maximum absolute atomic E-state index is 12.6. The molecule has 0 bridgehead atoms. The number of anilines is 2. The summed E-state index contributed by atoms with van der Waals surface area (Å²) in [6.45, 7) is 1.74. The van der Waals surface area contributed by atoms with Gasteiger partial charge in [0.2, 0.25) is 11.8 Å². The third kappa shape index (κ3) is 5.54. The van der Waals surface area contributed by atoms with E-state index in [-0.39, 0.29) is 22.9 Å². The number of thioether (sulfide) groups is 1. The summed E-state index contributed by atoms with van der Waals surface area (Å²) in [7, 11) is -3.86. The zero-order chi connectivity index (χ0) is 22.6. The monoisotopic (exact) mass is 471 g/mol. The van der Waals surface area contributed by atoms with Crippen LogP contribution < -0.4 is 14.8 Å². The average molecular weight is 472 g/mol. The van der Waals surface area contributed by atoms with E-state index in [0.717, 1.165) is 17.9 Å². The number of benzene rings is 1. The number of hydrogen-bond acceptors (Lipinski definition) is 8. The fraction of sp³-hybridized carbons (Fsp3) is 0.238. The number of nitrogens with zero attached hydrogens (tertiary/aromatic N) is 3. The Morgan fingerprint density at radius 2 is 1.91 bits per heavy atom. The van der Waals surface area contributed by atoms with Gasteiger partial charge >= 0.3 is 0 Å². The molecule has 0 aliphatic carbocycles. The summed E-state index contributed by atoms with van der Waals surface area (Å²) in [4.78, 5) is 24.8. The molecule has 9 nitrogen and oxygen atoms in total. The molecule has 0 saturated carbocycles. The van der Waals surface area contributed by atoms with E-state index in [1.807, 2.05) is 11.8 Å². The van der Waals surface area contributed by atoms with Crippen LogP contribution in [0.2, 0.25) is 0 Å². The van der Waals surface area contributed by atoms with Gasteiger partial charge in [0.25, 0.3) is 15.9 Å². The largest absolute Gasteiger partial charge is 0.473 e. The van der Waals surface area contributed by atoms with E-state index in [2.05, 4.69) is 25.0 Å². The van der Waals surface area contributed by atoms with Gasteiger partial charge in [-0.05, 0) is 55.5 Å². The number of carbonyl (C=O) groups excluding carboxylic acids is 1. The van der Waals surface area contributed by atoms with Crippen LogP contribution in [-0.2, 0) is 10.0 Å². The van der Waals surface area contributed by atoms with Crippen LogP contribution in [0.15, 0.2) is 59.8 Å². The van der Waals surface area contributed by atoms with Gasteiger partial charge in [0.15, 0.2) is 0 Å². The number of hydrogen-bond donors (Lipinski definition) is 2. The number of sulfonamides is 1. The van der Waals surface area contributed by atoms with E-state index in [4.69, 9.17) is 4.74 Å². The molecule has 166 valence electrons. The molecule has 0 radical (unpaired) electrons. The average Bonchev–Trinajstić information content (AvgIpc) is 3.27. The first-order valence-electron chi connectivity index (χ1n) is 9.83. The molecule has 1 aliphatic heterocycles. The van der Waals surface area contributed by atoms with Crippen molar-refractivity contribution in [3.05, 3.63) is 66.1 Å². The minimum absolute atomic E-state index is 0.00529. The van der Waals surface area contributed by atoms with Crippen LogP contribution in [0, 0.1) is 6.92 Å². The summed E-state index contributed by atoms with van der Waals surface area (Å²) >= 11 is 1.83. The summed E-state index contributed by atoms with van der Waals surface area (Å²) in [6.07, 6.45) is 4.07. The predicted octanol–water partition coefficient (Wildman–Crippen LogP) is 3.12. The molecule has 3 aromatic rings. The lowest BCUT2D eigenvalue weighted by Gasteiger charge is -2.12. The van der Waals surface area contributed by atoms with Gasteiger partial charge in [-0.2, -0.15) is 11.8 Å². The number of ether oxygens (including phenoxy) is 1. The fourth-order valence-corrected chi connectivity index (χ4v) is 5.03. The highest BCUT2D eigenvalue weighted by atomic mass is 32.2. The lowest BCUT2D eigenvalue weighted by molar-refractivity contribution is 0.102. The van der Waals surface area contributed by atoms with E-state index in [0.29, 0.717) is 22.8 Å². The Labute approximate surface area is 190 Å². The van der Waals surface area contributed by atoms with E-state index in [9.17, 15) is 13.2 Å². The number of carbonyl (C=O) groups is 1. The quantitative estimate of drug-likeness (QED) is 0.539. The second kappa shape index (κ2) is 9.53. The van der Waals surface area contributed by atoms with Crippen LogP contribution in [0.5, 0.6) is 5.88 Å². The predicted molar refractivity (Wildman–Crippen MR) is 123 cm³/mol. The van der Waals surface area contributed by atoms with Crippen molar-refractivity contribution in [2.45, 2.75) is 24.3 Å². The summed E-state index contributed by atoms with van der Waals surface area (Å²) < 4.78 is 33.3. The van der Waals surface area contributed by atoms with E-state index < -0.39 is 10.0 Å². The Kier molecular flexibility index (Phi) is 6.56. The van der Waals surface area contributed by atoms with Gasteiger partial charge in [-0.15, -0.1) is 0 Å². The van der Waals surface area contributed by atoms with Gasteiger partial charge < -0.3 is 10.1 Å². The third-order valence-corrected chi connectivity index (χ3v) is 7.09. The highest BCUT2D eigenvalue weighted by Gasteiger charge is 2.19. The molecule has 1 fully saturated rings. The molecular formula is C21H21N5O4S2. The zero-order valence-electron chi connectivity index (χ0n) is 17.2. The maximum atomic E-state index is 12.6. The Morgan fingerprint density at radius 1 is 1.12 bits per heavy atom. The summed E-state index contributed by atoms with van der Waals surface area (Å²) in [5.74, 6) is 2.03. The normalized spacial score (nSPS) is 15.8. The van der Waals surface area contributed by atoms with Crippen LogP contribution in [0.25, 0.3) is 0 Å². The summed E-state index contributed by atoms with van der Waals surface area (Å²) in [5.41, 5.74) is 1.49. The molecule has 2 N–H and O–H groups in total. The van der Waals surface area contributed by atoms with E-state index >= 15 is 0 Å². The van der Waals surface area contributed by atoms with Crippen LogP contribution >= 0.6 is 11.8 Å². The van der Waals surface area contributed by atoms with Crippen LogP contribution in [0.4, 0.5) is 11.6 Å². The van der Waals surface area contributed by atoms with Gasteiger partial charge in [0.05, 0.1) is 4.90 Å². The minimum atomic E-state index is -3.86. The third-order valence-electron chi connectivity index (χ3n) is 4.62. The molecule has 1 atom stereocenters. The molecule has 11 heteroatoms. The lowest BCUT2D eigenvalue weighted by Crippen LogP contribution is -2.17. The Morgan fingerprint density at radius 3 is 2.62 bits per heavy atom. The molecule has 1 aliphatic rings. The first kappa shape index (κ1) is 22.0. The SMILES string of the molecule is Cc1ccnc(NS(=O)(=O)c2ccc(NC(=O)c3ccnc(OC4CCSC4)c3)cc2)n1. The van der Waals surface area contributed by atoms with Crippen molar-refractivity contribution in [2.75, 3.05) is 21.5 Å². The van der Waals surface area contributed by atoms with Crippen molar-refractivity contribution in [3.63, 3.8) is 0 Å². The number of aromatic nitrogens is 3. The highest BCUT2D eigenvalue weighted by Crippen LogP contribution is 2.23. The number of aryl methyl sites for hydroxylation is 1. The van der Waals surface area contributed by atoms with Gasteiger partial charge in [0.1, 0.15) is 6.10 Å². The van der Waals surface area contributed by atoms with Crippen molar-refractivity contribution < 1.29 is 17.9 Å². The van der Waals surface area contributed by atoms with Gasteiger partial charge in [-0.1, -0.05) is 0 Å². The first-order valence-corrected chi connectivity index (χ1v) is 12.5. The molecule has 0 spiro atoms. The molecule has 1 amide bonds. The van der Waals surface area contributed by atoms with E-state index in [1.54, 1.807) is 25.1 Å². The second-order valence-corrected chi connectivity index (χ2v) is 9.92. The Bertz CT molecular complexity index is 1210. The lowest BCUT2D eigenvalue weighted by atomic mass is 10.2. The smallest absolute Gasteiger partial charge is 0.264 e. The number of rotatable bonds is 7. The standard InChI is InChI=1S/C21H21N5O4S2/c1-14-6-9-23-21(24-14)26-32(28,29)18-4-2-16(3-5-18)25-20(27)15-7-10-22-19(12-15)30-17-8-11-31-13-17/h2-7,9-10,12,17H,8,11,13H2,1H3,(H,25,27)(H,23,24,26). The van der Waals surface area contributed by atoms with E-state index in [1.165, 1.54) is 36.7 Å². The van der Waals surface area contributed by atoms with Crippen molar-refractivity contribution in [1.82, 2.24) is 15.0 Å². The molecule has 1 saturated heterocycles. The van der Waals surface area contributed by atoms with Crippen LogP contribution in [0.3, 0.4) is 0 Å². The maximum Gasteiger partial charge on any atom is 0.264 e. The molecule has 32 heavy (non-hydrogen) atoms. The molecule has 1 unspecified atom stereocenters. The number of nitrogens with one attached hydrogen (secondary N) is 2. The van der Waals surface area contributed by atoms with Gasteiger partial charge in [-0.3, -0.25) is 4.79 Å². The van der Waals surface area contributed by atoms with Crippen molar-refractivity contribution in [1.29, 1.82) is 0 Å². The Hall–Kier alpha value is -3.18. The zero-order valence-corrected chi connectivity index (χ0v) is 18.8. The Balaban J connectivity index is 1.41. The minimum Gasteiger partial charge on any atom is -0.473 e. The summed E-state index contributed by atoms with van der Waals surface area (Å²) in [5, 5.41) is 2.75. The second-order valence-electron chi connectivity index (χ2n) is 7.09. The summed E-state index contributed by atoms with van der Waals surface area (Å²) in [6, 6.07) is 10.7. The molecule has 1 aromatic carbocycles. The molecule has 3 heterocycles. The van der Waals surface area contributed by atoms with Gasteiger partial charge in [-0.25, -0.2) is 28.1 Å². The van der Waals surface area contributed by atoms with Crippen LogP contribution in [0.1, 0.15) is 22.5 Å². The van der Waals surface area contributed by atoms with Gasteiger partial charge in [0, 0.05) is 41.2 Å². The molecule has 2 aromatic heterocycles. The van der Waals surface area contributed by atoms with Crippen molar-refractivity contribution >= 4 is 39.3 Å². The molecule has 4 rings (SSSR count). The highest BCUT2D eigenvalue weighted by molar-refractivity contribution is 7.99. The number of pyridine rings is 1. The first-order chi connectivity index (χ1) is 15.4. The molecular weight excluding hydrogens is 450 g/mol. The number of amides is 1. The fourth-order valence-electron chi connectivity index (χ4n) is 2.99. The van der Waals surface area contributed by atoms with Crippen molar-refractivity contribution in [2.24, 2.45) is 0 Å². The van der Waals surface area contributed by atoms with Crippen molar-refractivity contribution in [3.8, 4) is 5.88 Å². The topological polar surface area (TPSA) is 123 Å².